The second-order valence-corrected chi connectivity index (χ2v) is 2.52. The minimum Gasteiger partial charge on any atom is -0.466 e. The number of hydrogen-bond donors (Lipinski definition) is 1. The van der Waals surface area contributed by atoms with Gasteiger partial charge in [0.05, 0.1) is 24.4 Å². The van der Waals surface area contributed by atoms with Crippen molar-refractivity contribution in [2.45, 2.75) is 13.3 Å². The standard InChI is InChI=1S/C9H12N2O2.ClH/c1-2-13-9(12)6-8-7(10)4-3-5-11-8;/h3-5H,2,6,10H2,1H3;1H. The number of halogens is 1. The molecule has 0 radical (unpaired) electrons. The predicted molar refractivity (Wildman–Crippen MR) is 56.2 cm³/mol. The van der Waals surface area contributed by atoms with Crippen molar-refractivity contribution >= 4 is 24.1 Å². The van der Waals surface area contributed by atoms with Gasteiger partial charge in [0.25, 0.3) is 0 Å². The number of nitrogen functional groups attached to an aromatic ring is 1. The molecule has 4 nitrogen and oxygen atoms in total. The molecule has 0 aliphatic carbocycles. The zero-order valence-corrected chi connectivity index (χ0v) is 8.71. The van der Waals surface area contributed by atoms with E-state index in [1.165, 1.54) is 0 Å². The average molecular weight is 217 g/mol. The van der Waals surface area contributed by atoms with E-state index in [9.17, 15) is 4.79 Å². The lowest BCUT2D eigenvalue weighted by molar-refractivity contribution is -0.142. The van der Waals surface area contributed by atoms with Crippen LogP contribution in [0.1, 0.15) is 12.6 Å². The molecule has 78 valence electrons. The van der Waals surface area contributed by atoms with Gasteiger partial charge in [0.2, 0.25) is 0 Å². The molecule has 1 heterocycles. The van der Waals surface area contributed by atoms with E-state index in [0.717, 1.165) is 0 Å². The largest absolute Gasteiger partial charge is 0.466 e. The van der Waals surface area contributed by atoms with E-state index in [2.05, 4.69) is 4.98 Å². The summed E-state index contributed by atoms with van der Waals surface area (Å²) in [4.78, 5) is 15.0. The molecule has 0 fully saturated rings. The van der Waals surface area contributed by atoms with E-state index < -0.39 is 0 Å². The molecule has 0 saturated carbocycles. The fourth-order valence-corrected chi connectivity index (χ4v) is 0.947. The monoisotopic (exact) mass is 216 g/mol. The number of carbonyl (C=O) groups is 1. The second kappa shape index (κ2) is 6.21. The zero-order valence-electron chi connectivity index (χ0n) is 7.90. The maximum atomic E-state index is 11.0. The fraction of sp³-hybridized carbons (Fsp3) is 0.333. The molecule has 0 saturated heterocycles. The average Bonchev–Trinajstić information content (AvgIpc) is 2.09. The smallest absolute Gasteiger partial charge is 0.311 e. The lowest BCUT2D eigenvalue weighted by atomic mass is 10.2. The van der Waals surface area contributed by atoms with Gasteiger partial charge in [-0.25, -0.2) is 0 Å². The number of ether oxygens (including phenoxy) is 1. The molecule has 1 rings (SSSR count). The van der Waals surface area contributed by atoms with Crippen LogP contribution in [0.4, 0.5) is 5.69 Å². The molecule has 0 unspecified atom stereocenters. The maximum absolute atomic E-state index is 11.0. The molecule has 5 heteroatoms. The third-order valence-corrected chi connectivity index (χ3v) is 1.54. The molecule has 0 amide bonds. The Morgan fingerprint density at radius 1 is 1.64 bits per heavy atom. The van der Waals surface area contributed by atoms with Crippen molar-refractivity contribution in [3.05, 3.63) is 24.0 Å². The van der Waals surface area contributed by atoms with E-state index >= 15 is 0 Å². The van der Waals surface area contributed by atoms with Crippen LogP contribution >= 0.6 is 12.4 Å². The highest BCUT2D eigenvalue weighted by atomic mass is 35.5. The van der Waals surface area contributed by atoms with Crippen LogP contribution in [0, 0.1) is 0 Å². The lowest BCUT2D eigenvalue weighted by Crippen LogP contribution is -2.10. The van der Waals surface area contributed by atoms with Gasteiger partial charge in [-0.1, -0.05) is 0 Å². The third-order valence-electron chi connectivity index (χ3n) is 1.54. The Bertz CT molecular complexity index is 305. The molecular formula is C9H13ClN2O2. The van der Waals surface area contributed by atoms with Gasteiger partial charge in [-0.15, -0.1) is 12.4 Å². The molecule has 0 aromatic carbocycles. The minimum atomic E-state index is -0.298. The zero-order chi connectivity index (χ0) is 9.68. The quantitative estimate of drug-likeness (QED) is 0.771. The van der Waals surface area contributed by atoms with E-state index in [4.69, 9.17) is 10.5 Å². The predicted octanol–water partition coefficient (Wildman–Crippen LogP) is 1.19. The van der Waals surface area contributed by atoms with Crippen LogP contribution in [-0.4, -0.2) is 17.6 Å². The van der Waals surface area contributed by atoms with Gasteiger partial charge in [0.15, 0.2) is 0 Å². The summed E-state index contributed by atoms with van der Waals surface area (Å²) in [5.41, 5.74) is 6.69. The van der Waals surface area contributed by atoms with Gasteiger partial charge < -0.3 is 10.5 Å². The molecule has 1 aromatic rings. The van der Waals surface area contributed by atoms with Crippen LogP contribution in [0.2, 0.25) is 0 Å². The molecule has 2 N–H and O–H groups in total. The number of carbonyl (C=O) groups excluding carboxylic acids is 1. The van der Waals surface area contributed by atoms with E-state index in [1.807, 2.05) is 0 Å². The van der Waals surface area contributed by atoms with Gasteiger partial charge in [0.1, 0.15) is 0 Å². The molecule has 14 heavy (non-hydrogen) atoms. The number of esters is 1. The van der Waals surface area contributed by atoms with Gasteiger partial charge in [-0.2, -0.15) is 0 Å². The Balaban J connectivity index is 0.00000169. The van der Waals surface area contributed by atoms with Crippen LogP contribution in [-0.2, 0) is 16.0 Å². The number of aromatic nitrogens is 1. The summed E-state index contributed by atoms with van der Waals surface area (Å²) in [6.07, 6.45) is 1.74. The topological polar surface area (TPSA) is 65.2 Å². The summed E-state index contributed by atoms with van der Waals surface area (Å²) in [6.45, 7) is 2.14. The van der Waals surface area contributed by atoms with Crippen molar-refractivity contribution in [2.75, 3.05) is 12.3 Å². The molecular weight excluding hydrogens is 204 g/mol. The Labute approximate surface area is 88.9 Å². The summed E-state index contributed by atoms with van der Waals surface area (Å²) in [7, 11) is 0. The van der Waals surface area contributed by atoms with Crippen molar-refractivity contribution < 1.29 is 9.53 Å². The van der Waals surface area contributed by atoms with E-state index in [0.29, 0.717) is 18.0 Å². The summed E-state index contributed by atoms with van der Waals surface area (Å²) < 4.78 is 4.77. The first-order valence-corrected chi connectivity index (χ1v) is 4.09. The van der Waals surface area contributed by atoms with Crippen molar-refractivity contribution in [3.63, 3.8) is 0 Å². The minimum absolute atomic E-state index is 0. The Hall–Kier alpha value is -1.29. The molecule has 0 aliphatic rings. The van der Waals surface area contributed by atoms with Crippen molar-refractivity contribution in [2.24, 2.45) is 0 Å². The third kappa shape index (κ3) is 3.62. The van der Waals surface area contributed by atoms with Crippen LogP contribution < -0.4 is 5.73 Å². The summed E-state index contributed by atoms with van der Waals surface area (Å²) in [5, 5.41) is 0. The summed E-state index contributed by atoms with van der Waals surface area (Å²) in [5.74, 6) is -0.298. The van der Waals surface area contributed by atoms with Gasteiger partial charge in [-0.05, 0) is 19.1 Å². The highest BCUT2D eigenvalue weighted by molar-refractivity contribution is 5.85. The molecule has 1 aromatic heterocycles. The Morgan fingerprint density at radius 2 is 2.36 bits per heavy atom. The maximum Gasteiger partial charge on any atom is 0.311 e. The number of pyridine rings is 1. The second-order valence-electron chi connectivity index (χ2n) is 2.52. The summed E-state index contributed by atoms with van der Waals surface area (Å²) in [6, 6.07) is 3.44. The highest BCUT2D eigenvalue weighted by Crippen LogP contribution is 2.07. The fourth-order valence-electron chi connectivity index (χ4n) is 0.947. The molecule has 0 atom stereocenters. The molecule has 0 bridgehead atoms. The first-order chi connectivity index (χ1) is 6.24. The lowest BCUT2D eigenvalue weighted by Gasteiger charge is -2.03. The van der Waals surface area contributed by atoms with Gasteiger partial charge in [0, 0.05) is 6.20 Å². The first-order valence-electron chi connectivity index (χ1n) is 4.09. The SMILES string of the molecule is CCOC(=O)Cc1ncccc1N.Cl. The van der Waals surface area contributed by atoms with Crippen LogP contribution in [0.3, 0.4) is 0 Å². The number of nitrogens with zero attached hydrogens (tertiary/aromatic N) is 1. The van der Waals surface area contributed by atoms with E-state index in [-0.39, 0.29) is 24.8 Å². The molecule has 0 spiro atoms. The van der Waals surface area contributed by atoms with Crippen LogP contribution in [0.5, 0.6) is 0 Å². The van der Waals surface area contributed by atoms with Crippen molar-refractivity contribution in [3.8, 4) is 0 Å². The van der Waals surface area contributed by atoms with Crippen LogP contribution in [0.15, 0.2) is 18.3 Å². The normalized spacial score (nSPS) is 8.93. The van der Waals surface area contributed by atoms with Gasteiger partial charge in [-0.3, -0.25) is 9.78 Å². The Kier molecular flexibility index (Phi) is 5.64. The van der Waals surface area contributed by atoms with Gasteiger partial charge >= 0.3 is 5.97 Å². The number of nitrogens with two attached hydrogens (primary N) is 1. The summed E-state index contributed by atoms with van der Waals surface area (Å²) >= 11 is 0. The van der Waals surface area contributed by atoms with Crippen LogP contribution in [0.25, 0.3) is 0 Å². The van der Waals surface area contributed by atoms with Crippen molar-refractivity contribution in [1.82, 2.24) is 4.98 Å². The van der Waals surface area contributed by atoms with Crippen molar-refractivity contribution in [1.29, 1.82) is 0 Å². The number of anilines is 1. The van der Waals surface area contributed by atoms with E-state index in [1.54, 1.807) is 25.3 Å². The first kappa shape index (κ1) is 12.7. The Morgan fingerprint density at radius 3 is 2.93 bits per heavy atom. The highest BCUT2D eigenvalue weighted by Gasteiger charge is 2.07. The molecule has 0 aliphatic heterocycles. The number of hydrogen-bond acceptors (Lipinski definition) is 4. The number of rotatable bonds is 3.